The SMILES string of the molecule is Cc1ccccc1C1(c2ccccc2C)c2ccccc2-c2ccc(-c3ccc(N(c4cccc(-c5ccccc5C5(c6ccccc6)c6ccccc6-c6ccccc65)c4)c4cccc5c4c4cc6ccccc6cc4n5-c4ccccc4)cc3)cc21. The summed E-state index contributed by atoms with van der Waals surface area (Å²) in [5, 5.41) is 4.80. The molecule has 17 rings (SSSR count). The number of anilines is 3. The van der Waals surface area contributed by atoms with E-state index in [1.807, 2.05) is 0 Å². The highest BCUT2D eigenvalue weighted by Crippen LogP contribution is 2.60. The molecule has 0 saturated carbocycles. The van der Waals surface area contributed by atoms with Crippen LogP contribution < -0.4 is 4.90 Å². The predicted octanol–water partition coefficient (Wildman–Crippen LogP) is 22.1. The van der Waals surface area contributed by atoms with E-state index in [4.69, 9.17) is 0 Å². The van der Waals surface area contributed by atoms with E-state index in [9.17, 15) is 0 Å². The zero-order chi connectivity index (χ0) is 58.5. The summed E-state index contributed by atoms with van der Waals surface area (Å²) in [5.41, 5.74) is 28.2. The Labute approximate surface area is 514 Å². The van der Waals surface area contributed by atoms with Gasteiger partial charge in [-0.15, -0.1) is 0 Å². The lowest BCUT2D eigenvalue weighted by atomic mass is 9.65. The first kappa shape index (κ1) is 51.4. The fraction of sp³-hybridized carbons (Fsp3) is 0.0465. The molecule has 2 aliphatic carbocycles. The Bertz CT molecular complexity index is 5150. The van der Waals surface area contributed by atoms with Gasteiger partial charge in [-0.3, -0.25) is 0 Å². The van der Waals surface area contributed by atoms with Crippen molar-refractivity contribution in [1.82, 2.24) is 4.57 Å². The Balaban J connectivity index is 0.884. The summed E-state index contributed by atoms with van der Waals surface area (Å²) in [6, 6.07) is 123. The van der Waals surface area contributed by atoms with Gasteiger partial charge in [0.1, 0.15) is 0 Å². The summed E-state index contributed by atoms with van der Waals surface area (Å²) in [4.78, 5) is 2.51. The molecule has 2 aliphatic rings. The highest BCUT2D eigenvalue weighted by atomic mass is 15.1. The number of para-hydroxylation sites is 1. The van der Waals surface area contributed by atoms with Gasteiger partial charge in [0, 0.05) is 27.8 Å². The number of aryl methyl sites for hydroxylation is 2. The lowest BCUT2D eigenvalue weighted by Crippen LogP contribution is -2.30. The van der Waals surface area contributed by atoms with Gasteiger partial charge in [0.05, 0.1) is 27.6 Å². The Morgan fingerprint density at radius 1 is 0.284 bits per heavy atom. The van der Waals surface area contributed by atoms with E-state index in [0.29, 0.717) is 0 Å². The monoisotopic (exact) mass is 1120 g/mol. The van der Waals surface area contributed by atoms with Crippen LogP contribution in [0.4, 0.5) is 17.1 Å². The Kier molecular flexibility index (Phi) is 11.9. The van der Waals surface area contributed by atoms with Crippen LogP contribution >= 0.6 is 0 Å². The van der Waals surface area contributed by atoms with Crippen molar-refractivity contribution in [2.24, 2.45) is 0 Å². The molecule has 0 N–H and O–H groups in total. The van der Waals surface area contributed by atoms with Gasteiger partial charge in [0.15, 0.2) is 0 Å². The van der Waals surface area contributed by atoms with Crippen molar-refractivity contribution in [2.45, 2.75) is 24.7 Å². The number of rotatable bonds is 10. The molecule has 0 amide bonds. The molecule has 14 aromatic carbocycles. The molecule has 414 valence electrons. The highest BCUT2D eigenvalue weighted by molar-refractivity contribution is 6.19. The van der Waals surface area contributed by atoms with Crippen LogP contribution in [-0.2, 0) is 10.8 Å². The molecule has 88 heavy (non-hydrogen) atoms. The molecule has 0 unspecified atom stereocenters. The van der Waals surface area contributed by atoms with Crippen molar-refractivity contribution in [1.29, 1.82) is 0 Å². The minimum Gasteiger partial charge on any atom is -0.310 e. The maximum absolute atomic E-state index is 2.51. The third kappa shape index (κ3) is 7.55. The molecule has 0 fully saturated rings. The van der Waals surface area contributed by atoms with Gasteiger partial charge in [-0.2, -0.15) is 0 Å². The van der Waals surface area contributed by atoms with Crippen LogP contribution in [0.1, 0.15) is 55.6 Å². The van der Waals surface area contributed by atoms with Crippen molar-refractivity contribution >= 4 is 49.6 Å². The molecule has 1 heterocycles. The average Bonchev–Trinajstić information content (AvgIpc) is 1.57. The number of hydrogen-bond donors (Lipinski definition) is 0. The summed E-state index contributed by atoms with van der Waals surface area (Å²) < 4.78 is 2.45. The predicted molar refractivity (Wildman–Crippen MR) is 368 cm³/mol. The second kappa shape index (κ2) is 20.3. The molecule has 2 nitrogen and oxygen atoms in total. The second-order valence-corrected chi connectivity index (χ2v) is 23.9. The minimum absolute atomic E-state index is 0.521. The van der Waals surface area contributed by atoms with Crippen LogP contribution in [-0.4, -0.2) is 4.57 Å². The Hall–Kier alpha value is -11.1. The summed E-state index contributed by atoms with van der Waals surface area (Å²) in [5.74, 6) is 0. The molecule has 0 saturated heterocycles. The van der Waals surface area contributed by atoms with E-state index in [0.717, 1.165) is 39.4 Å². The lowest BCUT2D eigenvalue weighted by molar-refractivity contribution is 0.754. The first-order chi connectivity index (χ1) is 43.5. The minimum atomic E-state index is -0.579. The first-order valence-electron chi connectivity index (χ1n) is 30.7. The smallest absolute Gasteiger partial charge is 0.0719 e. The molecule has 15 aromatic rings. The van der Waals surface area contributed by atoms with Gasteiger partial charge in [-0.25, -0.2) is 0 Å². The van der Waals surface area contributed by atoms with Crippen molar-refractivity contribution in [3.63, 3.8) is 0 Å². The van der Waals surface area contributed by atoms with E-state index >= 15 is 0 Å². The number of benzene rings is 14. The quantitative estimate of drug-likeness (QED) is 0.132. The van der Waals surface area contributed by atoms with Crippen LogP contribution in [0.2, 0.25) is 0 Å². The molecular weight excluding hydrogens is 1060 g/mol. The molecule has 0 spiro atoms. The summed E-state index contributed by atoms with van der Waals surface area (Å²) >= 11 is 0. The molecule has 0 aliphatic heterocycles. The fourth-order valence-electron chi connectivity index (χ4n) is 15.7. The number of fused-ring (bicyclic) bond motifs is 10. The molecular formula is C86H60N2. The number of nitrogens with zero attached hydrogens (tertiary/aromatic N) is 2. The standard InChI is InChI=1S/C86H60N2/c1-57-25-9-17-39-74(57)86(75-40-18-10-26-58(75)2)79-44-22-16-38-71(79)72-52-49-62(55-80(72)86)59-47-50-66(51-48-59)87(81-45-24-46-82-84(81)73-54-60-27-11-12-28-61(60)56-83(73)88(82)65-32-7-4-8-33-65)67-34-23-29-63(53-67)68-35-13-19-41-76(68)85(64-30-5-3-6-31-64)77-42-20-14-36-69(77)70-37-15-21-43-78(70)85/h3-56H,1-2H3. The summed E-state index contributed by atoms with van der Waals surface area (Å²) in [7, 11) is 0. The fourth-order valence-corrected chi connectivity index (χ4v) is 15.7. The van der Waals surface area contributed by atoms with E-state index in [1.54, 1.807) is 0 Å². The average molecular weight is 1120 g/mol. The van der Waals surface area contributed by atoms with Crippen LogP contribution in [0.15, 0.2) is 328 Å². The third-order valence-electron chi connectivity index (χ3n) is 19.4. The van der Waals surface area contributed by atoms with Crippen LogP contribution in [0.5, 0.6) is 0 Å². The van der Waals surface area contributed by atoms with E-state index in [-0.39, 0.29) is 0 Å². The van der Waals surface area contributed by atoms with Crippen molar-refractivity contribution in [3.8, 4) is 50.2 Å². The van der Waals surface area contributed by atoms with Crippen molar-refractivity contribution in [3.05, 3.63) is 383 Å². The third-order valence-corrected chi connectivity index (χ3v) is 19.4. The van der Waals surface area contributed by atoms with Crippen LogP contribution in [0.3, 0.4) is 0 Å². The largest absolute Gasteiger partial charge is 0.310 e. The van der Waals surface area contributed by atoms with Crippen LogP contribution in [0.25, 0.3) is 82.8 Å². The zero-order valence-electron chi connectivity index (χ0n) is 49.1. The molecule has 0 atom stereocenters. The number of aromatic nitrogens is 1. The van der Waals surface area contributed by atoms with E-state index in [2.05, 4.69) is 351 Å². The molecule has 0 bridgehead atoms. The van der Waals surface area contributed by atoms with Gasteiger partial charge >= 0.3 is 0 Å². The zero-order valence-corrected chi connectivity index (χ0v) is 49.1. The normalized spacial score (nSPS) is 13.3. The maximum Gasteiger partial charge on any atom is 0.0719 e. The second-order valence-electron chi connectivity index (χ2n) is 23.9. The van der Waals surface area contributed by atoms with Gasteiger partial charge in [-0.1, -0.05) is 261 Å². The number of hydrogen-bond acceptors (Lipinski definition) is 1. The highest BCUT2D eigenvalue weighted by Gasteiger charge is 2.49. The molecule has 2 heteroatoms. The first-order valence-corrected chi connectivity index (χ1v) is 30.7. The Morgan fingerprint density at radius 3 is 1.40 bits per heavy atom. The van der Waals surface area contributed by atoms with Gasteiger partial charge in [-0.05, 0) is 191 Å². The van der Waals surface area contributed by atoms with Crippen molar-refractivity contribution in [2.75, 3.05) is 4.90 Å². The van der Waals surface area contributed by atoms with Crippen molar-refractivity contribution < 1.29 is 0 Å². The van der Waals surface area contributed by atoms with Gasteiger partial charge in [0.25, 0.3) is 0 Å². The van der Waals surface area contributed by atoms with E-state index in [1.165, 1.54) is 116 Å². The maximum atomic E-state index is 2.51. The van der Waals surface area contributed by atoms with Gasteiger partial charge in [0.2, 0.25) is 0 Å². The Morgan fingerprint density at radius 2 is 0.773 bits per heavy atom. The summed E-state index contributed by atoms with van der Waals surface area (Å²) in [6.07, 6.45) is 0. The topological polar surface area (TPSA) is 8.17 Å². The van der Waals surface area contributed by atoms with E-state index < -0.39 is 10.8 Å². The van der Waals surface area contributed by atoms with Crippen LogP contribution in [0, 0.1) is 13.8 Å². The molecule has 1 aromatic heterocycles. The lowest BCUT2D eigenvalue weighted by Gasteiger charge is -2.36. The molecule has 0 radical (unpaired) electrons. The van der Waals surface area contributed by atoms with Gasteiger partial charge < -0.3 is 9.47 Å². The summed E-state index contributed by atoms with van der Waals surface area (Å²) in [6.45, 7) is 4.55.